The number of nitrogens with one attached hydrogen (secondary N) is 1. The largest absolute Gasteiger partial charge is 0.393 e. The molecular weight excluding hydrogens is 262 g/mol. The van der Waals surface area contributed by atoms with Crippen molar-refractivity contribution >= 4 is 5.69 Å². The molecular formula is C15H22F2N2O. The zero-order valence-corrected chi connectivity index (χ0v) is 12.0. The molecule has 3 nitrogen and oxygen atoms in total. The van der Waals surface area contributed by atoms with Gasteiger partial charge in [0.05, 0.1) is 6.10 Å². The van der Waals surface area contributed by atoms with E-state index >= 15 is 0 Å². The Balaban J connectivity index is 2.14. The number of piperidine rings is 1. The summed E-state index contributed by atoms with van der Waals surface area (Å²) >= 11 is 0. The summed E-state index contributed by atoms with van der Waals surface area (Å²) in [6.07, 6.45) is 0.748. The van der Waals surface area contributed by atoms with Crippen LogP contribution in [0.15, 0.2) is 12.1 Å². The van der Waals surface area contributed by atoms with E-state index in [9.17, 15) is 13.9 Å². The Kier molecular flexibility index (Phi) is 4.94. The number of hydrogen-bond donors (Lipinski definition) is 2. The number of aliphatic hydroxyl groups excluding tert-OH is 1. The van der Waals surface area contributed by atoms with E-state index in [-0.39, 0.29) is 17.8 Å². The monoisotopic (exact) mass is 284 g/mol. The van der Waals surface area contributed by atoms with Gasteiger partial charge >= 0.3 is 0 Å². The Hall–Kier alpha value is -1.20. The predicted octanol–water partition coefficient (Wildman–Crippen LogP) is 2.42. The molecule has 0 saturated carbocycles. The SMILES string of the molecule is CC(C)NCc1cc(F)c(N2CCC(O)CC2)c(F)c1. The van der Waals surface area contributed by atoms with Gasteiger partial charge in [0.2, 0.25) is 0 Å². The number of rotatable bonds is 4. The summed E-state index contributed by atoms with van der Waals surface area (Å²) in [7, 11) is 0. The summed E-state index contributed by atoms with van der Waals surface area (Å²) in [6, 6.07) is 3.04. The molecule has 1 aromatic carbocycles. The summed E-state index contributed by atoms with van der Waals surface area (Å²) in [5.74, 6) is -1.05. The van der Waals surface area contributed by atoms with Crippen molar-refractivity contribution in [1.82, 2.24) is 5.32 Å². The lowest BCUT2D eigenvalue weighted by molar-refractivity contribution is 0.145. The van der Waals surface area contributed by atoms with Crippen LogP contribution in [-0.2, 0) is 6.54 Å². The van der Waals surface area contributed by atoms with Crippen LogP contribution >= 0.6 is 0 Å². The Bertz CT molecular complexity index is 434. The molecule has 0 radical (unpaired) electrons. The first-order chi connectivity index (χ1) is 9.47. The first-order valence-electron chi connectivity index (χ1n) is 7.11. The van der Waals surface area contributed by atoms with Gasteiger partial charge in [-0.2, -0.15) is 0 Å². The first kappa shape index (κ1) is 15.2. The van der Waals surface area contributed by atoms with Gasteiger partial charge in [0, 0.05) is 25.7 Å². The molecule has 112 valence electrons. The van der Waals surface area contributed by atoms with Crippen LogP contribution in [0.2, 0.25) is 0 Å². The molecule has 1 aromatic rings. The van der Waals surface area contributed by atoms with Crippen LogP contribution in [0.4, 0.5) is 14.5 Å². The summed E-state index contributed by atoms with van der Waals surface area (Å²) < 4.78 is 28.3. The van der Waals surface area contributed by atoms with Gasteiger partial charge in [-0.3, -0.25) is 0 Å². The fourth-order valence-electron chi connectivity index (χ4n) is 2.43. The molecule has 1 fully saturated rings. The van der Waals surface area contributed by atoms with E-state index in [1.165, 1.54) is 12.1 Å². The minimum absolute atomic E-state index is 0.0326. The van der Waals surface area contributed by atoms with Gasteiger partial charge in [-0.15, -0.1) is 0 Å². The van der Waals surface area contributed by atoms with Crippen LogP contribution in [0, 0.1) is 11.6 Å². The number of aliphatic hydroxyl groups is 1. The van der Waals surface area contributed by atoms with Crippen molar-refractivity contribution in [3.8, 4) is 0 Å². The van der Waals surface area contributed by atoms with Crippen LogP contribution in [0.5, 0.6) is 0 Å². The number of halogens is 2. The molecule has 1 heterocycles. The molecule has 20 heavy (non-hydrogen) atoms. The highest BCUT2D eigenvalue weighted by Crippen LogP contribution is 2.27. The van der Waals surface area contributed by atoms with Gasteiger partial charge in [0.25, 0.3) is 0 Å². The van der Waals surface area contributed by atoms with E-state index in [1.54, 1.807) is 4.90 Å². The van der Waals surface area contributed by atoms with Gasteiger partial charge in [0.1, 0.15) is 17.3 Å². The standard InChI is InChI=1S/C15H22F2N2O/c1-10(2)18-9-11-7-13(16)15(14(17)8-11)19-5-3-12(20)4-6-19/h7-8,10,12,18,20H,3-6,9H2,1-2H3. The zero-order chi connectivity index (χ0) is 14.7. The minimum atomic E-state index is -0.526. The summed E-state index contributed by atoms with van der Waals surface area (Å²) in [6.45, 7) is 5.39. The molecule has 5 heteroatoms. The molecule has 0 bridgehead atoms. The lowest BCUT2D eigenvalue weighted by atomic mass is 10.1. The Labute approximate surface area is 118 Å². The van der Waals surface area contributed by atoms with E-state index < -0.39 is 11.6 Å². The molecule has 0 unspecified atom stereocenters. The second kappa shape index (κ2) is 6.50. The van der Waals surface area contributed by atoms with Crippen molar-refractivity contribution in [2.24, 2.45) is 0 Å². The minimum Gasteiger partial charge on any atom is -0.393 e. The molecule has 2 rings (SSSR count). The molecule has 0 amide bonds. The molecule has 1 aliphatic rings. The summed E-state index contributed by atoms with van der Waals surface area (Å²) in [5, 5.41) is 12.6. The third-order valence-electron chi connectivity index (χ3n) is 3.57. The summed E-state index contributed by atoms with van der Waals surface area (Å²) in [4.78, 5) is 1.68. The number of hydrogen-bond acceptors (Lipinski definition) is 3. The fourth-order valence-corrected chi connectivity index (χ4v) is 2.43. The molecule has 1 aliphatic heterocycles. The molecule has 0 aliphatic carbocycles. The molecule has 2 N–H and O–H groups in total. The lowest BCUT2D eigenvalue weighted by Gasteiger charge is -2.32. The Morgan fingerprint density at radius 3 is 2.30 bits per heavy atom. The smallest absolute Gasteiger partial charge is 0.149 e. The summed E-state index contributed by atoms with van der Waals surface area (Å²) in [5.41, 5.74) is 0.639. The third kappa shape index (κ3) is 3.67. The van der Waals surface area contributed by atoms with Crippen molar-refractivity contribution in [1.29, 1.82) is 0 Å². The van der Waals surface area contributed by atoms with Gasteiger partial charge in [-0.05, 0) is 30.5 Å². The first-order valence-corrected chi connectivity index (χ1v) is 7.11. The average Bonchev–Trinajstić information content (AvgIpc) is 2.38. The van der Waals surface area contributed by atoms with Gasteiger partial charge in [0.15, 0.2) is 0 Å². The highest BCUT2D eigenvalue weighted by atomic mass is 19.1. The lowest BCUT2D eigenvalue weighted by Crippen LogP contribution is -2.37. The predicted molar refractivity (Wildman–Crippen MR) is 75.8 cm³/mol. The maximum Gasteiger partial charge on any atom is 0.149 e. The highest BCUT2D eigenvalue weighted by molar-refractivity contribution is 5.51. The number of anilines is 1. The van der Waals surface area contributed by atoms with Crippen LogP contribution < -0.4 is 10.2 Å². The fraction of sp³-hybridized carbons (Fsp3) is 0.600. The second-order valence-electron chi connectivity index (χ2n) is 5.66. The van der Waals surface area contributed by atoms with Gasteiger partial charge in [-0.25, -0.2) is 8.78 Å². The number of nitrogens with zero attached hydrogens (tertiary/aromatic N) is 1. The van der Waals surface area contributed by atoms with E-state index in [4.69, 9.17) is 0 Å². The van der Waals surface area contributed by atoms with Gasteiger partial charge in [-0.1, -0.05) is 13.8 Å². The van der Waals surface area contributed by atoms with Gasteiger partial charge < -0.3 is 15.3 Å². The van der Waals surface area contributed by atoms with Crippen molar-refractivity contribution in [2.75, 3.05) is 18.0 Å². The maximum atomic E-state index is 14.1. The second-order valence-corrected chi connectivity index (χ2v) is 5.66. The van der Waals surface area contributed by atoms with E-state index in [1.807, 2.05) is 13.8 Å². The topological polar surface area (TPSA) is 35.5 Å². The maximum absolute atomic E-state index is 14.1. The van der Waals surface area contributed by atoms with Crippen LogP contribution in [0.1, 0.15) is 32.3 Å². The molecule has 0 atom stereocenters. The van der Waals surface area contributed by atoms with E-state index in [0.717, 1.165) is 0 Å². The third-order valence-corrected chi connectivity index (χ3v) is 3.57. The van der Waals surface area contributed by atoms with Crippen molar-refractivity contribution in [3.05, 3.63) is 29.3 Å². The highest BCUT2D eigenvalue weighted by Gasteiger charge is 2.23. The van der Waals surface area contributed by atoms with Crippen LogP contribution in [0.25, 0.3) is 0 Å². The Morgan fingerprint density at radius 1 is 1.25 bits per heavy atom. The van der Waals surface area contributed by atoms with E-state index in [0.29, 0.717) is 38.0 Å². The Morgan fingerprint density at radius 2 is 1.80 bits per heavy atom. The van der Waals surface area contributed by atoms with E-state index in [2.05, 4.69) is 5.32 Å². The quantitative estimate of drug-likeness (QED) is 0.891. The molecule has 0 aromatic heterocycles. The van der Waals surface area contributed by atoms with Crippen LogP contribution in [-0.4, -0.2) is 30.3 Å². The van der Waals surface area contributed by atoms with Crippen molar-refractivity contribution in [2.45, 2.75) is 45.4 Å². The molecule has 0 spiro atoms. The normalized spacial score (nSPS) is 17.0. The zero-order valence-electron chi connectivity index (χ0n) is 12.0. The molecule has 1 saturated heterocycles. The average molecular weight is 284 g/mol. The van der Waals surface area contributed by atoms with Crippen molar-refractivity contribution in [3.63, 3.8) is 0 Å². The number of benzene rings is 1. The van der Waals surface area contributed by atoms with Crippen LogP contribution in [0.3, 0.4) is 0 Å². The van der Waals surface area contributed by atoms with Crippen molar-refractivity contribution < 1.29 is 13.9 Å².